The van der Waals surface area contributed by atoms with Crippen molar-refractivity contribution in [2.75, 3.05) is 32.1 Å². The average molecular weight is 389 g/mol. The molecule has 1 unspecified atom stereocenters. The van der Waals surface area contributed by atoms with Gasteiger partial charge in [0.15, 0.2) is 6.54 Å². The van der Waals surface area contributed by atoms with Gasteiger partial charge in [-0.3, -0.25) is 9.59 Å². The molecular formula is C20H26N3O3S+. The normalized spacial score (nSPS) is 17.4. The van der Waals surface area contributed by atoms with Crippen molar-refractivity contribution in [2.24, 2.45) is 0 Å². The average Bonchev–Trinajstić information content (AvgIpc) is 3.35. The molecule has 1 aromatic heterocycles. The summed E-state index contributed by atoms with van der Waals surface area (Å²) in [5, 5.41) is 7.57. The smallest absolute Gasteiger partial charge is 0.279 e. The third-order valence-electron chi connectivity index (χ3n) is 4.59. The lowest BCUT2D eigenvalue weighted by Crippen LogP contribution is -3.12. The topological polar surface area (TPSA) is 71.9 Å². The number of carbonyl (C=O) groups excluding carboxylic acids is 2. The molecule has 27 heavy (non-hydrogen) atoms. The summed E-state index contributed by atoms with van der Waals surface area (Å²) in [7, 11) is 1.59. The first-order valence-corrected chi connectivity index (χ1v) is 10.1. The Morgan fingerprint density at radius 1 is 1.30 bits per heavy atom. The Labute approximate surface area is 163 Å². The van der Waals surface area contributed by atoms with Crippen molar-refractivity contribution in [3.63, 3.8) is 0 Å². The van der Waals surface area contributed by atoms with Gasteiger partial charge in [0.05, 0.1) is 4.88 Å². The molecule has 0 saturated carbocycles. The number of hydrogen-bond acceptors (Lipinski definition) is 4. The quantitative estimate of drug-likeness (QED) is 0.639. The minimum Gasteiger partial charge on any atom is -0.372 e. The van der Waals surface area contributed by atoms with E-state index in [1.54, 1.807) is 42.6 Å². The molecule has 7 heteroatoms. The first kappa shape index (κ1) is 19.5. The molecule has 1 aromatic carbocycles. The first-order valence-electron chi connectivity index (χ1n) is 9.23. The number of rotatable bonds is 8. The number of quaternary nitrogens is 1. The Morgan fingerprint density at radius 3 is 2.89 bits per heavy atom. The summed E-state index contributed by atoms with van der Waals surface area (Å²) >= 11 is 1.71. The second kappa shape index (κ2) is 9.64. The molecule has 1 fully saturated rings. The van der Waals surface area contributed by atoms with Gasteiger partial charge in [-0.2, -0.15) is 0 Å². The third-order valence-corrected chi connectivity index (χ3v) is 5.47. The number of anilines is 1. The molecule has 0 aliphatic carbocycles. The van der Waals surface area contributed by atoms with Crippen molar-refractivity contribution in [3.05, 3.63) is 52.2 Å². The summed E-state index contributed by atoms with van der Waals surface area (Å²) in [6, 6.07) is 11.1. The molecule has 2 aromatic rings. The van der Waals surface area contributed by atoms with E-state index in [0.29, 0.717) is 17.8 Å². The molecule has 0 bridgehead atoms. The van der Waals surface area contributed by atoms with Gasteiger partial charge >= 0.3 is 0 Å². The number of amides is 2. The first-order chi connectivity index (χ1) is 13.1. The van der Waals surface area contributed by atoms with E-state index in [-0.39, 0.29) is 17.9 Å². The molecule has 3 rings (SSSR count). The van der Waals surface area contributed by atoms with E-state index >= 15 is 0 Å². The van der Waals surface area contributed by atoms with Crippen molar-refractivity contribution in [1.82, 2.24) is 5.32 Å². The molecule has 2 amide bonds. The predicted octanol–water partition coefficient (Wildman–Crippen LogP) is 1.31. The molecule has 3 N–H and O–H groups in total. The molecule has 2 heterocycles. The van der Waals surface area contributed by atoms with E-state index in [1.807, 2.05) is 6.07 Å². The molecule has 1 aliphatic heterocycles. The zero-order valence-electron chi connectivity index (χ0n) is 15.5. The van der Waals surface area contributed by atoms with Crippen LogP contribution >= 0.6 is 11.3 Å². The van der Waals surface area contributed by atoms with E-state index < -0.39 is 0 Å². The van der Waals surface area contributed by atoms with Crippen LogP contribution < -0.4 is 15.5 Å². The molecule has 0 radical (unpaired) electrons. The SMILES string of the molecule is CNC(=O)c1cccc(NC(=O)C[NH+](Cc2cccs2)C[C@@H]2CCCO2)c1. The number of hydrogen-bond donors (Lipinski definition) is 3. The number of nitrogens with one attached hydrogen (secondary N) is 3. The fourth-order valence-corrected chi connectivity index (χ4v) is 4.08. The van der Waals surface area contributed by atoms with Gasteiger partial charge in [0.25, 0.3) is 11.8 Å². The van der Waals surface area contributed by atoms with Crippen molar-refractivity contribution in [2.45, 2.75) is 25.5 Å². The highest BCUT2D eigenvalue weighted by Crippen LogP contribution is 2.12. The minimum absolute atomic E-state index is 0.0615. The zero-order valence-corrected chi connectivity index (χ0v) is 16.3. The van der Waals surface area contributed by atoms with Crippen LogP contribution in [0.4, 0.5) is 5.69 Å². The highest BCUT2D eigenvalue weighted by atomic mass is 32.1. The minimum atomic E-state index is -0.172. The predicted molar refractivity (Wildman–Crippen MR) is 106 cm³/mol. The van der Waals surface area contributed by atoms with Gasteiger partial charge in [-0.05, 0) is 42.5 Å². The van der Waals surface area contributed by atoms with Crippen molar-refractivity contribution in [1.29, 1.82) is 0 Å². The highest BCUT2D eigenvalue weighted by molar-refractivity contribution is 7.09. The third kappa shape index (κ3) is 5.89. The van der Waals surface area contributed by atoms with Crippen LogP contribution in [0, 0.1) is 0 Å². The number of carbonyl (C=O) groups is 2. The number of benzene rings is 1. The molecule has 1 aliphatic rings. The van der Waals surface area contributed by atoms with E-state index in [4.69, 9.17) is 4.74 Å². The standard InChI is InChI=1S/C20H25N3O3S/c1-21-20(25)15-5-2-6-16(11-15)22-19(24)14-23(12-17-7-3-9-26-17)13-18-8-4-10-27-18/h2,4-6,8,10-11,17H,3,7,9,12-14H2,1H3,(H,21,25)(H,22,24)/p+1/t17-/m0/s1. The van der Waals surface area contributed by atoms with Crippen molar-refractivity contribution in [3.8, 4) is 0 Å². The Bertz CT molecular complexity index is 758. The van der Waals surface area contributed by atoms with E-state index in [2.05, 4.69) is 22.1 Å². The van der Waals surface area contributed by atoms with Crippen LogP contribution in [0.3, 0.4) is 0 Å². The lowest BCUT2D eigenvalue weighted by Gasteiger charge is -2.21. The summed E-state index contributed by atoms with van der Waals surface area (Å²) in [4.78, 5) is 26.8. The Balaban J connectivity index is 1.61. The molecule has 0 spiro atoms. The number of ether oxygens (including phenoxy) is 1. The van der Waals surface area contributed by atoms with Gasteiger partial charge in [0.1, 0.15) is 19.2 Å². The molecule has 1 saturated heterocycles. The van der Waals surface area contributed by atoms with Crippen molar-refractivity contribution < 1.29 is 19.2 Å². The monoisotopic (exact) mass is 388 g/mol. The van der Waals surface area contributed by atoms with Crippen LogP contribution in [0.25, 0.3) is 0 Å². The van der Waals surface area contributed by atoms with Crippen LogP contribution in [-0.4, -0.2) is 44.7 Å². The zero-order chi connectivity index (χ0) is 19.1. The summed E-state index contributed by atoms with van der Waals surface area (Å²) in [5.41, 5.74) is 1.16. The lowest BCUT2D eigenvalue weighted by atomic mass is 10.2. The van der Waals surface area contributed by atoms with Crippen LogP contribution in [0.2, 0.25) is 0 Å². The molecule has 2 atom stereocenters. The Hall–Kier alpha value is -2.22. The van der Waals surface area contributed by atoms with Gasteiger partial charge in [0, 0.05) is 24.9 Å². The van der Waals surface area contributed by atoms with Gasteiger partial charge in [0.2, 0.25) is 0 Å². The molecule has 144 valence electrons. The maximum absolute atomic E-state index is 12.6. The van der Waals surface area contributed by atoms with Crippen LogP contribution in [0.15, 0.2) is 41.8 Å². The maximum Gasteiger partial charge on any atom is 0.279 e. The van der Waals surface area contributed by atoms with Crippen molar-refractivity contribution >= 4 is 28.8 Å². The van der Waals surface area contributed by atoms with Crippen LogP contribution in [-0.2, 0) is 16.1 Å². The lowest BCUT2D eigenvalue weighted by molar-refractivity contribution is -0.908. The van der Waals surface area contributed by atoms with E-state index in [1.165, 1.54) is 9.78 Å². The largest absolute Gasteiger partial charge is 0.372 e. The van der Waals surface area contributed by atoms with Gasteiger partial charge in [-0.1, -0.05) is 12.1 Å². The Morgan fingerprint density at radius 2 is 2.19 bits per heavy atom. The summed E-state index contributed by atoms with van der Waals surface area (Å²) in [5.74, 6) is -0.233. The number of thiophene rings is 1. The summed E-state index contributed by atoms with van der Waals surface area (Å²) < 4.78 is 5.76. The Kier molecular flexibility index (Phi) is 6.98. The summed E-state index contributed by atoms with van der Waals surface area (Å²) in [6.45, 7) is 2.81. The van der Waals surface area contributed by atoms with Crippen LogP contribution in [0.1, 0.15) is 28.1 Å². The van der Waals surface area contributed by atoms with Crippen LogP contribution in [0.5, 0.6) is 0 Å². The highest BCUT2D eigenvalue weighted by Gasteiger charge is 2.24. The fraction of sp³-hybridized carbons (Fsp3) is 0.400. The van der Waals surface area contributed by atoms with E-state index in [9.17, 15) is 9.59 Å². The second-order valence-corrected chi connectivity index (χ2v) is 7.76. The van der Waals surface area contributed by atoms with Gasteiger partial charge in [-0.25, -0.2) is 0 Å². The summed E-state index contributed by atoms with van der Waals surface area (Å²) in [6.07, 6.45) is 2.38. The maximum atomic E-state index is 12.6. The van der Waals surface area contributed by atoms with Gasteiger partial charge in [-0.15, -0.1) is 11.3 Å². The second-order valence-electron chi connectivity index (χ2n) is 6.73. The van der Waals surface area contributed by atoms with E-state index in [0.717, 1.165) is 32.5 Å². The molecular weight excluding hydrogens is 362 g/mol. The molecule has 6 nitrogen and oxygen atoms in total. The van der Waals surface area contributed by atoms with Gasteiger partial charge < -0.3 is 20.3 Å². The fourth-order valence-electron chi connectivity index (χ4n) is 3.31.